The van der Waals surface area contributed by atoms with Gasteiger partial charge in [-0.15, -0.1) is 11.3 Å². The first-order valence-corrected chi connectivity index (χ1v) is 8.44. The SMILES string of the molecule is Cc1nn(C)c2sc(C(=O)N3CCCSCC3)cc12. The monoisotopic (exact) mass is 295 g/mol. The lowest BCUT2D eigenvalue weighted by molar-refractivity contribution is 0.0773. The first-order chi connectivity index (χ1) is 9.16. The van der Waals surface area contributed by atoms with Crippen LogP contribution in [-0.2, 0) is 7.05 Å². The highest BCUT2D eigenvalue weighted by molar-refractivity contribution is 7.99. The van der Waals surface area contributed by atoms with Crippen LogP contribution in [0.3, 0.4) is 0 Å². The molecule has 0 bridgehead atoms. The minimum Gasteiger partial charge on any atom is -0.337 e. The summed E-state index contributed by atoms with van der Waals surface area (Å²) in [6.45, 7) is 3.75. The molecule has 4 nitrogen and oxygen atoms in total. The molecule has 102 valence electrons. The molecule has 1 amide bonds. The Balaban J connectivity index is 1.90. The summed E-state index contributed by atoms with van der Waals surface area (Å²) < 4.78 is 1.87. The molecule has 0 aliphatic carbocycles. The average molecular weight is 295 g/mol. The zero-order chi connectivity index (χ0) is 13.4. The molecule has 2 aromatic heterocycles. The van der Waals surface area contributed by atoms with Crippen molar-refractivity contribution < 1.29 is 4.79 Å². The lowest BCUT2D eigenvalue weighted by atomic mass is 10.3. The lowest BCUT2D eigenvalue weighted by Gasteiger charge is -2.18. The maximum absolute atomic E-state index is 12.5. The van der Waals surface area contributed by atoms with Crippen LogP contribution in [0.15, 0.2) is 6.07 Å². The zero-order valence-electron chi connectivity index (χ0n) is 11.2. The maximum Gasteiger partial charge on any atom is 0.264 e. The van der Waals surface area contributed by atoms with Crippen molar-refractivity contribution in [2.45, 2.75) is 13.3 Å². The second kappa shape index (κ2) is 5.17. The highest BCUT2D eigenvalue weighted by atomic mass is 32.2. The van der Waals surface area contributed by atoms with E-state index in [2.05, 4.69) is 5.10 Å². The molecule has 1 aliphatic heterocycles. The van der Waals surface area contributed by atoms with Crippen LogP contribution in [-0.4, -0.2) is 45.2 Å². The third-order valence-electron chi connectivity index (χ3n) is 3.42. The van der Waals surface area contributed by atoms with Gasteiger partial charge in [0.05, 0.1) is 10.6 Å². The van der Waals surface area contributed by atoms with E-state index in [1.54, 1.807) is 11.3 Å². The summed E-state index contributed by atoms with van der Waals surface area (Å²) in [5.74, 6) is 2.40. The first kappa shape index (κ1) is 13.0. The summed E-state index contributed by atoms with van der Waals surface area (Å²) in [5.41, 5.74) is 0.999. The van der Waals surface area contributed by atoms with E-state index in [9.17, 15) is 4.79 Å². The molecular weight excluding hydrogens is 278 g/mol. The van der Waals surface area contributed by atoms with Gasteiger partial charge in [-0.1, -0.05) is 0 Å². The second-order valence-corrected chi connectivity index (χ2v) is 7.05. The fourth-order valence-corrected chi connectivity index (χ4v) is 4.39. The number of aryl methyl sites for hydroxylation is 2. The van der Waals surface area contributed by atoms with Gasteiger partial charge in [-0.3, -0.25) is 9.48 Å². The van der Waals surface area contributed by atoms with Gasteiger partial charge in [0.25, 0.3) is 5.91 Å². The van der Waals surface area contributed by atoms with Crippen molar-refractivity contribution >= 4 is 39.2 Å². The highest BCUT2D eigenvalue weighted by Crippen LogP contribution is 2.28. The first-order valence-electron chi connectivity index (χ1n) is 6.47. The number of hydrogen-bond acceptors (Lipinski definition) is 4. The van der Waals surface area contributed by atoms with E-state index in [0.717, 1.165) is 46.1 Å². The molecule has 2 aromatic rings. The molecule has 3 heterocycles. The summed E-state index contributed by atoms with van der Waals surface area (Å²) in [5, 5.41) is 5.49. The van der Waals surface area contributed by atoms with Gasteiger partial charge >= 0.3 is 0 Å². The Morgan fingerprint density at radius 1 is 1.37 bits per heavy atom. The molecule has 1 fully saturated rings. The lowest BCUT2D eigenvalue weighted by Crippen LogP contribution is -2.32. The van der Waals surface area contributed by atoms with Crippen LogP contribution in [0.4, 0.5) is 0 Å². The number of carbonyl (C=O) groups excluding carboxylic acids is 1. The Labute approximate surface area is 120 Å². The summed E-state index contributed by atoms with van der Waals surface area (Å²) in [4.78, 5) is 16.5. The number of thioether (sulfide) groups is 1. The van der Waals surface area contributed by atoms with Gasteiger partial charge in [0.2, 0.25) is 0 Å². The predicted molar refractivity (Wildman–Crippen MR) is 81.2 cm³/mol. The zero-order valence-corrected chi connectivity index (χ0v) is 12.8. The summed E-state index contributed by atoms with van der Waals surface area (Å²) in [6, 6.07) is 2.00. The standard InChI is InChI=1S/C13H17N3OS2/c1-9-10-8-11(19-13(10)15(2)14-9)12(17)16-4-3-6-18-7-5-16/h8H,3-7H2,1-2H3. The van der Waals surface area contributed by atoms with Crippen molar-refractivity contribution in [3.05, 3.63) is 16.6 Å². The number of thiophene rings is 1. The van der Waals surface area contributed by atoms with Gasteiger partial charge in [0, 0.05) is 31.3 Å². The van der Waals surface area contributed by atoms with Gasteiger partial charge in [-0.25, -0.2) is 0 Å². The molecule has 0 unspecified atom stereocenters. The van der Waals surface area contributed by atoms with E-state index in [4.69, 9.17) is 0 Å². The number of hydrogen-bond donors (Lipinski definition) is 0. The Morgan fingerprint density at radius 3 is 3.00 bits per heavy atom. The molecule has 6 heteroatoms. The predicted octanol–water partition coefficient (Wildman–Crippen LogP) is 2.52. The fourth-order valence-electron chi connectivity index (χ4n) is 2.42. The largest absolute Gasteiger partial charge is 0.337 e. The fraction of sp³-hybridized carbons (Fsp3) is 0.538. The van der Waals surface area contributed by atoms with E-state index in [1.807, 2.05) is 41.4 Å². The van der Waals surface area contributed by atoms with E-state index >= 15 is 0 Å². The Hall–Kier alpha value is -1.01. The van der Waals surface area contributed by atoms with Crippen LogP contribution in [0.25, 0.3) is 10.2 Å². The highest BCUT2D eigenvalue weighted by Gasteiger charge is 2.21. The van der Waals surface area contributed by atoms with Crippen molar-refractivity contribution in [3.8, 4) is 0 Å². The van der Waals surface area contributed by atoms with Crippen LogP contribution in [0.2, 0.25) is 0 Å². The van der Waals surface area contributed by atoms with E-state index in [0.29, 0.717) is 0 Å². The van der Waals surface area contributed by atoms with Gasteiger partial charge in [0.15, 0.2) is 0 Å². The van der Waals surface area contributed by atoms with Crippen molar-refractivity contribution in [3.63, 3.8) is 0 Å². The molecule has 0 saturated carbocycles. The summed E-state index contributed by atoms with van der Waals surface area (Å²) in [6.07, 6.45) is 1.10. The Morgan fingerprint density at radius 2 is 2.21 bits per heavy atom. The average Bonchev–Trinajstić information content (AvgIpc) is 2.80. The minimum atomic E-state index is 0.183. The normalized spacial score (nSPS) is 16.8. The number of nitrogens with zero attached hydrogens (tertiary/aromatic N) is 3. The second-order valence-electron chi connectivity index (χ2n) is 4.80. The van der Waals surface area contributed by atoms with Gasteiger partial charge < -0.3 is 4.90 Å². The Bertz CT molecular complexity index is 574. The molecule has 0 spiro atoms. The van der Waals surface area contributed by atoms with Gasteiger partial charge in [-0.2, -0.15) is 16.9 Å². The number of carbonyl (C=O) groups is 1. The molecular formula is C13H17N3OS2. The topological polar surface area (TPSA) is 38.1 Å². The summed E-state index contributed by atoms with van der Waals surface area (Å²) in [7, 11) is 1.93. The van der Waals surface area contributed by atoms with E-state index in [-0.39, 0.29) is 5.91 Å². The smallest absolute Gasteiger partial charge is 0.264 e. The van der Waals surface area contributed by atoms with Crippen LogP contribution in [0.1, 0.15) is 21.8 Å². The molecule has 3 rings (SSSR count). The van der Waals surface area contributed by atoms with Crippen molar-refractivity contribution in [2.24, 2.45) is 7.05 Å². The molecule has 0 radical (unpaired) electrons. The number of amides is 1. The molecule has 1 saturated heterocycles. The third-order valence-corrected chi connectivity index (χ3v) is 5.65. The Kier molecular flexibility index (Phi) is 3.54. The molecule has 0 N–H and O–H groups in total. The quantitative estimate of drug-likeness (QED) is 0.811. The molecule has 1 aliphatic rings. The number of rotatable bonds is 1. The number of aromatic nitrogens is 2. The summed E-state index contributed by atoms with van der Waals surface area (Å²) >= 11 is 3.49. The molecule has 0 atom stereocenters. The van der Waals surface area contributed by atoms with Crippen LogP contribution in [0.5, 0.6) is 0 Å². The van der Waals surface area contributed by atoms with Crippen molar-refractivity contribution in [1.82, 2.24) is 14.7 Å². The van der Waals surface area contributed by atoms with Crippen LogP contribution in [0, 0.1) is 6.92 Å². The third kappa shape index (κ3) is 2.39. The molecule has 19 heavy (non-hydrogen) atoms. The minimum absolute atomic E-state index is 0.183. The maximum atomic E-state index is 12.5. The number of fused-ring (bicyclic) bond motifs is 1. The van der Waals surface area contributed by atoms with E-state index < -0.39 is 0 Å². The van der Waals surface area contributed by atoms with Crippen LogP contribution < -0.4 is 0 Å². The van der Waals surface area contributed by atoms with Gasteiger partial charge in [0.1, 0.15) is 4.83 Å². The van der Waals surface area contributed by atoms with Crippen molar-refractivity contribution in [2.75, 3.05) is 24.6 Å². The van der Waals surface area contributed by atoms with Crippen molar-refractivity contribution in [1.29, 1.82) is 0 Å². The molecule has 0 aromatic carbocycles. The van der Waals surface area contributed by atoms with E-state index in [1.165, 1.54) is 5.75 Å². The van der Waals surface area contributed by atoms with Crippen LogP contribution >= 0.6 is 23.1 Å². The van der Waals surface area contributed by atoms with Gasteiger partial charge in [-0.05, 0) is 25.2 Å².